The zero-order valence-corrected chi connectivity index (χ0v) is 20.5. The summed E-state index contributed by atoms with van der Waals surface area (Å²) in [5.74, 6) is -0.107. The van der Waals surface area contributed by atoms with Gasteiger partial charge >= 0.3 is 0 Å². The van der Waals surface area contributed by atoms with Gasteiger partial charge in [0.15, 0.2) is 0 Å². The van der Waals surface area contributed by atoms with Crippen molar-refractivity contribution in [2.45, 2.75) is 44.2 Å². The third kappa shape index (κ3) is 5.52. The molecular weight excluding hydrogens is 454 g/mol. The fourth-order valence-electron chi connectivity index (χ4n) is 4.25. The van der Waals surface area contributed by atoms with Gasteiger partial charge in [-0.25, -0.2) is 13.1 Å². The number of hydrogen-bond acceptors (Lipinski definition) is 5. The van der Waals surface area contributed by atoms with Crippen molar-refractivity contribution in [1.82, 2.24) is 9.62 Å². The summed E-state index contributed by atoms with van der Waals surface area (Å²) in [6.45, 7) is 5.48. The first-order chi connectivity index (χ1) is 15.9. The first-order valence-corrected chi connectivity index (χ1v) is 13.5. The van der Waals surface area contributed by atoms with E-state index in [1.54, 1.807) is 43.4 Å². The molecule has 4 rings (SSSR count). The molecule has 1 aromatic heterocycles. The second kappa shape index (κ2) is 10.2. The van der Waals surface area contributed by atoms with Gasteiger partial charge in [0.1, 0.15) is 0 Å². The molecule has 0 radical (unpaired) electrons. The van der Waals surface area contributed by atoms with Crippen molar-refractivity contribution < 1.29 is 13.2 Å². The quantitative estimate of drug-likeness (QED) is 0.495. The predicted octanol–water partition coefficient (Wildman–Crippen LogP) is 4.48. The van der Waals surface area contributed by atoms with Crippen LogP contribution in [0.1, 0.15) is 41.6 Å². The fraction of sp³-hybridized carbons (Fsp3) is 0.320. The van der Waals surface area contributed by atoms with E-state index in [1.165, 1.54) is 11.1 Å². The van der Waals surface area contributed by atoms with Crippen LogP contribution in [0.25, 0.3) is 0 Å². The molecule has 0 spiro atoms. The van der Waals surface area contributed by atoms with Gasteiger partial charge in [0, 0.05) is 37.8 Å². The molecule has 1 aliphatic rings. The molecule has 1 aliphatic heterocycles. The maximum absolute atomic E-state index is 13.2. The van der Waals surface area contributed by atoms with Crippen LogP contribution in [0.15, 0.2) is 64.2 Å². The van der Waals surface area contributed by atoms with Gasteiger partial charge in [-0.1, -0.05) is 31.2 Å². The van der Waals surface area contributed by atoms with E-state index in [0.29, 0.717) is 17.7 Å². The molecule has 8 heteroatoms. The van der Waals surface area contributed by atoms with Crippen LogP contribution in [0.5, 0.6) is 0 Å². The number of nitrogens with one attached hydrogen (secondary N) is 2. The van der Waals surface area contributed by atoms with Crippen molar-refractivity contribution in [3.8, 4) is 0 Å². The minimum atomic E-state index is -3.71. The van der Waals surface area contributed by atoms with Crippen molar-refractivity contribution in [2.75, 3.05) is 18.4 Å². The second-order valence-electron chi connectivity index (χ2n) is 8.30. The molecule has 0 saturated heterocycles. The van der Waals surface area contributed by atoms with Crippen molar-refractivity contribution in [1.29, 1.82) is 0 Å². The van der Waals surface area contributed by atoms with E-state index in [1.807, 2.05) is 5.38 Å². The van der Waals surface area contributed by atoms with E-state index in [2.05, 4.69) is 50.7 Å². The second-order valence-corrected chi connectivity index (χ2v) is 10.8. The monoisotopic (exact) mass is 483 g/mol. The highest BCUT2D eigenvalue weighted by Crippen LogP contribution is 2.29. The van der Waals surface area contributed by atoms with E-state index < -0.39 is 10.0 Å². The maximum Gasteiger partial charge on any atom is 0.240 e. The Morgan fingerprint density at radius 1 is 1.15 bits per heavy atom. The van der Waals surface area contributed by atoms with Crippen LogP contribution in [0, 0.1) is 6.92 Å². The van der Waals surface area contributed by atoms with Crippen LogP contribution in [0.3, 0.4) is 0 Å². The van der Waals surface area contributed by atoms with Gasteiger partial charge in [0.25, 0.3) is 0 Å². The van der Waals surface area contributed by atoms with E-state index >= 15 is 0 Å². The number of anilines is 1. The third-order valence-corrected chi connectivity index (χ3v) is 8.35. The van der Waals surface area contributed by atoms with Gasteiger partial charge in [0.05, 0.1) is 4.90 Å². The van der Waals surface area contributed by atoms with Gasteiger partial charge in [-0.05, 0) is 70.6 Å². The van der Waals surface area contributed by atoms with Gasteiger partial charge in [0.2, 0.25) is 15.9 Å². The van der Waals surface area contributed by atoms with Crippen LogP contribution in [0.4, 0.5) is 5.69 Å². The van der Waals surface area contributed by atoms with E-state index in [4.69, 9.17) is 0 Å². The molecule has 3 aromatic rings. The summed E-state index contributed by atoms with van der Waals surface area (Å²) in [6.07, 6.45) is 1.32. The first-order valence-electron chi connectivity index (χ1n) is 11.1. The zero-order chi connectivity index (χ0) is 23.4. The van der Waals surface area contributed by atoms with Gasteiger partial charge < -0.3 is 5.32 Å². The smallest absolute Gasteiger partial charge is 0.240 e. The highest BCUT2D eigenvalue weighted by Gasteiger charge is 2.27. The number of thiophene rings is 1. The maximum atomic E-state index is 13.2. The SMILES string of the molecule is CCC(=O)Nc1ccc(S(=O)(=O)NCC(c2ccsc2)N2CCc3ccccc3C2)c(C)c1. The number of hydrogen-bond donors (Lipinski definition) is 2. The number of rotatable bonds is 8. The zero-order valence-electron chi connectivity index (χ0n) is 18.9. The fourth-order valence-corrected chi connectivity index (χ4v) is 6.22. The summed E-state index contributed by atoms with van der Waals surface area (Å²) >= 11 is 1.62. The molecule has 2 aromatic carbocycles. The van der Waals surface area contributed by atoms with Crippen LogP contribution < -0.4 is 10.0 Å². The van der Waals surface area contributed by atoms with E-state index in [9.17, 15) is 13.2 Å². The summed E-state index contributed by atoms with van der Waals surface area (Å²) in [7, 11) is -3.71. The minimum Gasteiger partial charge on any atom is -0.326 e. The molecule has 6 nitrogen and oxygen atoms in total. The minimum absolute atomic E-state index is 0.0530. The standard InChI is InChI=1S/C25H29N3O3S2/c1-3-25(29)27-22-8-9-24(18(2)14-22)33(30,31)26-15-23(21-11-13-32-17-21)28-12-10-19-6-4-5-7-20(19)16-28/h4-9,11,13-14,17,23,26H,3,10,12,15-16H2,1-2H3,(H,27,29). The number of carbonyl (C=O) groups is 1. The number of sulfonamides is 1. The highest BCUT2D eigenvalue weighted by molar-refractivity contribution is 7.89. The number of amides is 1. The van der Waals surface area contributed by atoms with Crippen molar-refractivity contribution in [3.05, 3.63) is 81.5 Å². The molecule has 1 atom stereocenters. The average Bonchev–Trinajstić information content (AvgIpc) is 3.33. The third-order valence-electron chi connectivity index (χ3n) is 6.06. The summed E-state index contributed by atoms with van der Waals surface area (Å²) in [5.41, 5.74) is 4.98. The van der Waals surface area contributed by atoms with Crippen LogP contribution in [0.2, 0.25) is 0 Å². The number of benzene rings is 2. The molecular formula is C25H29N3O3S2. The largest absolute Gasteiger partial charge is 0.326 e. The number of aryl methyl sites for hydroxylation is 1. The summed E-state index contributed by atoms with van der Waals surface area (Å²) in [5, 5.41) is 6.89. The van der Waals surface area contributed by atoms with Crippen LogP contribution in [-0.2, 0) is 27.8 Å². The molecule has 0 bridgehead atoms. The Kier molecular flexibility index (Phi) is 7.29. The van der Waals surface area contributed by atoms with Crippen molar-refractivity contribution in [3.63, 3.8) is 0 Å². The predicted molar refractivity (Wildman–Crippen MR) is 133 cm³/mol. The lowest BCUT2D eigenvalue weighted by Gasteiger charge is -2.35. The van der Waals surface area contributed by atoms with Crippen LogP contribution in [-0.4, -0.2) is 32.3 Å². The lowest BCUT2D eigenvalue weighted by molar-refractivity contribution is -0.115. The highest BCUT2D eigenvalue weighted by atomic mass is 32.2. The normalized spacial score (nSPS) is 15.1. The molecule has 1 unspecified atom stereocenters. The Morgan fingerprint density at radius 3 is 2.64 bits per heavy atom. The lowest BCUT2D eigenvalue weighted by Crippen LogP contribution is -2.40. The van der Waals surface area contributed by atoms with Gasteiger partial charge in [-0.2, -0.15) is 11.3 Å². The molecule has 2 N–H and O–H groups in total. The Morgan fingerprint density at radius 2 is 1.94 bits per heavy atom. The Hall–Kier alpha value is -2.52. The molecule has 0 fully saturated rings. The molecule has 2 heterocycles. The van der Waals surface area contributed by atoms with E-state index in [0.717, 1.165) is 25.1 Å². The summed E-state index contributed by atoms with van der Waals surface area (Å²) < 4.78 is 29.2. The van der Waals surface area contributed by atoms with Crippen molar-refractivity contribution in [2.24, 2.45) is 0 Å². The van der Waals surface area contributed by atoms with Crippen LogP contribution >= 0.6 is 11.3 Å². The first kappa shape index (κ1) is 23.6. The lowest BCUT2D eigenvalue weighted by atomic mass is 9.97. The Balaban J connectivity index is 1.52. The topological polar surface area (TPSA) is 78.5 Å². The Labute approximate surface area is 199 Å². The molecule has 0 saturated carbocycles. The van der Waals surface area contributed by atoms with Gasteiger partial charge in [-0.3, -0.25) is 9.69 Å². The average molecular weight is 484 g/mol. The summed E-state index contributed by atoms with van der Waals surface area (Å²) in [6, 6.07) is 15.3. The van der Waals surface area contributed by atoms with Crippen molar-refractivity contribution >= 4 is 33.0 Å². The van der Waals surface area contributed by atoms with Gasteiger partial charge in [-0.15, -0.1) is 0 Å². The molecule has 1 amide bonds. The summed E-state index contributed by atoms with van der Waals surface area (Å²) in [4.78, 5) is 14.2. The molecule has 33 heavy (non-hydrogen) atoms. The molecule has 174 valence electrons. The Bertz CT molecular complexity index is 1220. The molecule has 0 aliphatic carbocycles. The van der Waals surface area contributed by atoms with E-state index in [-0.39, 0.29) is 23.4 Å². The number of fused-ring (bicyclic) bond motifs is 1. The number of nitrogens with zero attached hydrogens (tertiary/aromatic N) is 1. The number of carbonyl (C=O) groups excluding carboxylic acids is 1.